The van der Waals surface area contributed by atoms with Gasteiger partial charge in [-0.1, -0.05) is 18.2 Å². The molecule has 3 aromatic rings. The average Bonchev–Trinajstić information content (AvgIpc) is 2.94. The highest BCUT2D eigenvalue weighted by Gasteiger charge is 2.39. The van der Waals surface area contributed by atoms with Gasteiger partial charge >= 0.3 is 0 Å². The quantitative estimate of drug-likeness (QED) is 0.694. The number of fused-ring (bicyclic) bond motifs is 1. The molecule has 0 fully saturated rings. The lowest BCUT2D eigenvalue weighted by atomic mass is 10.2. The van der Waals surface area contributed by atoms with Crippen LogP contribution < -0.4 is 4.57 Å². The maximum Gasteiger partial charge on any atom is 0.258 e. The van der Waals surface area contributed by atoms with Gasteiger partial charge in [0.05, 0.1) is 12.2 Å². The van der Waals surface area contributed by atoms with Crippen molar-refractivity contribution in [2.24, 2.45) is 0 Å². The number of hydrogen-bond donors (Lipinski definition) is 0. The Morgan fingerprint density at radius 1 is 0.955 bits per heavy atom. The first-order valence-corrected chi connectivity index (χ1v) is 7.46. The van der Waals surface area contributed by atoms with Crippen LogP contribution in [-0.2, 0) is 13.1 Å². The van der Waals surface area contributed by atoms with E-state index in [1.807, 2.05) is 36.7 Å². The van der Waals surface area contributed by atoms with Crippen molar-refractivity contribution >= 4 is 0 Å². The monoisotopic (exact) mass is 289 g/mol. The van der Waals surface area contributed by atoms with Crippen LogP contribution in [0.5, 0.6) is 0 Å². The van der Waals surface area contributed by atoms with Gasteiger partial charge in [0, 0.05) is 31.1 Å². The van der Waals surface area contributed by atoms with Crippen molar-refractivity contribution in [2.75, 3.05) is 0 Å². The summed E-state index contributed by atoms with van der Waals surface area (Å²) in [6.07, 6.45) is 5.96. The molecule has 0 N–H and O–H groups in total. The summed E-state index contributed by atoms with van der Waals surface area (Å²) in [6.45, 7) is 1.71. The van der Waals surface area contributed by atoms with Crippen molar-refractivity contribution in [2.45, 2.75) is 19.3 Å². The fourth-order valence-corrected chi connectivity index (χ4v) is 3.03. The third-order valence-electron chi connectivity index (χ3n) is 4.00. The average molecular weight is 289 g/mol. The molecule has 4 heterocycles. The van der Waals surface area contributed by atoms with Gasteiger partial charge in [-0.25, -0.2) is 4.90 Å². The summed E-state index contributed by atoms with van der Waals surface area (Å²) in [5.74, 6) is 0. The molecule has 0 spiro atoms. The van der Waals surface area contributed by atoms with Crippen LogP contribution >= 0.6 is 0 Å². The molecule has 4 rings (SSSR count). The Hall–Kier alpha value is -2.59. The first-order chi connectivity index (χ1) is 10.9. The first kappa shape index (κ1) is 13.1. The molecular weight excluding hydrogens is 272 g/mol. The SMILES string of the molecule is c1ccc(CN2Cc3cccc[n+]3[C@@H]2c2ccccn2)nc1. The summed E-state index contributed by atoms with van der Waals surface area (Å²) >= 11 is 0. The van der Waals surface area contributed by atoms with Crippen LogP contribution in [0.1, 0.15) is 23.2 Å². The first-order valence-electron chi connectivity index (χ1n) is 7.46. The van der Waals surface area contributed by atoms with Crippen LogP contribution in [0, 0.1) is 0 Å². The smallest absolute Gasteiger partial charge is 0.258 e. The van der Waals surface area contributed by atoms with E-state index in [1.54, 1.807) is 0 Å². The summed E-state index contributed by atoms with van der Waals surface area (Å²) in [5.41, 5.74) is 3.44. The van der Waals surface area contributed by atoms with Gasteiger partial charge in [0.25, 0.3) is 6.17 Å². The third-order valence-corrected chi connectivity index (χ3v) is 4.00. The van der Waals surface area contributed by atoms with Gasteiger partial charge in [-0.3, -0.25) is 9.97 Å². The number of hydrogen-bond acceptors (Lipinski definition) is 3. The predicted molar refractivity (Wildman–Crippen MR) is 82.5 cm³/mol. The molecule has 4 heteroatoms. The van der Waals surface area contributed by atoms with Crippen molar-refractivity contribution in [3.8, 4) is 0 Å². The highest BCUT2D eigenvalue weighted by molar-refractivity contribution is 5.12. The molecule has 0 amide bonds. The topological polar surface area (TPSA) is 32.9 Å². The molecule has 4 nitrogen and oxygen atoms in total. The van der Waals surface area contributed by atoms with E-state index in [-0.39, 0.29) is 6.17 Å². The molecule has 0 aromatic carbocycles. The van der Waals surface area contributed by atoms with E-state index >= 15 is 0 Å². The molecule has 1 atom stereocenters. The summed E-state index contributed by atoms with van der Waals surface area (Å²) in [6, 6.07) is 18.5. The highest BCUT2D eigenvalue weighted by Crippen LogP contribution is 2.25. The number of rotatable bonds is 3. The van der Waals surface area contributed by atoms with E-state index in [0.717, 1.165) is 24.5 Å². The largest absolute Gasteiger partial charge is 0.260 e. The van der Waals surface area contributed by atoms with Crippen LogP contribution in [0.2, 0.25) is 0 Å². The molecule has 1 aliphatic heterocycles. The Balaban J connectivity index is 1.72. The van der Waals surface area contributed by atoms with E-state index in [4.69, 9.17) is 0 Å². The molecule has 22 heavy (non-hydrogen) atoms. The van der Waals surface area contributed by atoms with Crippen molar-refractivity contribution in [3.05, 3.63) is 90.3 Å². The Bertz CT molecular complexity index is 758. The molecule has 0 unspecified atom stereocenters. The van der Waals surface area contributed by atoms with Gasteiger partial charge in [-0.05, 0) is 24.3 Å². The summed E-state index contributed by atoms with van der Waals surface area (Å²) in [7, 11) is 0. The molecule has 0 saturated carbocycles. The molecular formula is C18H17N4+. The van der Waals surface area contributed by atoms with Crippen LogP contribution in [0.15, 0.2) is 73.2 Å². The van der Waals surface area contributed by atoms with Gasteiger partial charge < -0.3 is 0 Å². The van der Waals surface area contributed by atoms with E-state index in [2.05, 4.69) is 56.0 Å². The number of pyridine rings is 3. The zero-order chi connectivity index (χ0) is 14.8. The molecule has 0 radical (unpaired) electrons. The van der Waals surface area contributed by atoms with E-state index in [9.17, 15) is 0 Å². The Labute approximate surface area is 129 Å². The zero-order valence-electron chi connectivity index (χ0n) is 12.2. The van der Waals surface area contributed by atoms with Gasteiger partial charge in [0.2, 0.25) is 0 Å². The van der Waals surface area contributed by atoms with E-state index in [1.165, 1.54) is 5.69 Å². The normalized spacial score (nSPS) is 17.4. The number of aromatic nitrogens is 3. The van der Waals surface area contributed by atoms with Crippen LogP contribution in [-0.4, -0.2) is 14.9 Å². The second-order valence-corrected chi connectivity index (χ2v) is 5.45. The molecule has 1 aliphatic rings. The van der Waals surface area contributed by atoms with Crippen molar-refractivity contribution in [1.29, 1.82) is 0 Å². The Kier molecular flexibility index (Phi) is 3.37. The third kappa shape index (κ3) is 2.38. The van der Waals surface area contributed by atoms with Crippen LogP contribution in [0.4, 0.5) is 0 Å². The van der Waals surface area contributed by atoms with Gasteiger partial charge in [0.15, 0.2) is 11.9 Å². The minimum absolute atomic E-state index is 0.124. The lowest BCUT2D eigenvalue weighted by Gasteiger charge is -2.18. The molecule has 3 aromatic heterocycles. The lowest BCUT2D eigenvalue weighted by Crippen LogP contribution is -2.43. The number of nitrogens with zero attached hydrogens (tertiary/aromatic N) is 4. The minimum atomic E-state index is 0.124. The summed E-state index contributed by atoms with van der Waals surface area (Å²) in [5, 5.41) is 0. The molecule has 0 saturated heterocycles. The van der Waals surface area contributed by atoms with Gasteiger partial charge in [-0.2, -0.15) is 4.57 Å². The molecule has 108 valence electrons. The van der Waals surface area contributed by atoms with E-state index in [0.29, 0.717) is 0 Å². The highest BCUT2D eigenvalue weighted by atomic mass is 15.4. The lowest BCUT2D eigenvalue weighted by molar-refractivity contribution is -0.721. The van der Waals surface area contributed by atoms with Crippen LogP contribution in [0.3, 0.4) is 0 Å². The van der Waals surface area contributed by atoms with Gasteiger partial charge in [0.1, 0.15) is 5.69 Å². The standard InChI is InChI=1S/C18H17N4/c1-4-10-19-15(7-1)13-21-14-16-8-3-6-12-22(16)18(21)17-9-2-5-11-20-17/h1-12,18H,13-14H2/q+1/t18-/m1/s1. The maximum absolute atomic E-state index is 4.57. The zero-order valence-corrected chi connectivity index (χ0v) is 12.2. The maximum atomic E-state index is 4.57. The summed E-state index contributed by atoms with van der Waals surface area (Å²) < 4.78 is 2.30. The fraction of sp³-hybridized carbons (Fsp3) is 0.167. The minimum Gasteiger partial charge on any atom is -0.260 e. The summed E-state index contributed by atoms with van der Waals surface area (Å²) in [4.78, 5) is 11.4. The molecule has 0 aliphatic carbocycles. The fourth-order valence-electron chi connectivity index (χ4n) is 3.03. The van der Waals surface area contributed by atoms with Crippen LogP contribution in [0.25, 0.3) is 0 Å². The Morgan fingerprint density at radius 3 is 2.55 bits per heavy atom. The Morgan fingerprint density at radius 2 is 1.77 bits per heavy atom. The van der Waals surface area contributed by atoms with Crippen molar-refractivity contribution < 1.29 is 4.57 Å². The van der Waals surface area contributed by atoms with E-state index < -0.39 is 0 Å². The molecule has 0 bridgehead atoms. The van der Waals surface area contributed by atoms with Crippen molar-refractivity contribution in [1.82, 2.24) is 14.9 Å². The second kappa shape index (κ2) is 5.66. The predicted octanol–water partition coefficient (Wildman–Crippen LogP) is 2.33. The second-order valence-electron chi connectivity index (χ2n) is 5.45. The van der Waals surface area contributed by atoms with Gasteiger partial charge in [-0.15, -0.1) is 0 Å². The van der Waals surface area contributed by atoms with Crippen molar-refractivity contribution in [3.63, 3.8) is 0 Å².